The molecular weight excluding hydrogens is 263 g/mol. The smallest absolute Gasteiger partial charge is 0.123 e. The molecule has 0 bridgehead atoms. The fourth-order valence-corrected chi connectivity index (χ4v) is 2.63. The van der Waals surface area contributed by atoms with Gasteiger partial charge < -0.3 is 10.2 Å². The molecule has 1 aliphatic rings. The average molecular weight is 284 g/mol. The first-order valence-corrected chi connectivity index (χ1v) is 7.46. The van der Waals surface area contributed by atoms with Gasteiger partial charge in [-0.15, -0.1) is 0 Å². The molecule has 110 valence electrons. The Kier molecular flexibility index (Phi) is 3.93. The van der Waals surface area contributed by atoms with E-state index >= 15 is 0 Å². The summed E-state index contributed by atoms with van der Waals surface area (Å²) in [6.07, 6.45) is 2.47. The highest BCUT2D eigenvalue weighted by atomic mass is 19.1. The summed E-state index contributed by atoms with van der Waals surface area (Å²) in [5.41, 5.74) is 4.42. The summed E-state index contributed by atoms with van der Waals surface area (Å²) in [5.74, 6) is -0.176. The van der Waals surface area contributed by atoms with E-state index in [2.05, 4.69) is 29.3 Å². The van der Waals surface area contributed by atoms with E-state index in [9.17, 15) is 4.39 Å². The molecule has 1 N–H and O–H groups in total. The van der Waals surface area contributed by atoms with E-state index < -0.39 is 0 Å². The monoisotopic (exact) mass is 284 g/mol. The van der Waals surface area contributed by atoms with Crippen LogP contribution in [0.1, 0.15) is 24.0 Å². The van der Waals surface area contributed by atoms with Gasteiger partial charge in [0.05, 0.1) is 0 Å². The van der Waals surface area contributed by atoms with Crippen molar-refractivity contribution in [2.45, 2.75) is 32.4 Å². The second kappa shape index (κ2) is 5.86. The molecule has 2 nitrogen and oxygen atoms in total. The van der Waals surface area contributed by atoms with Crippen LogP contribution in [0.2, 0.25) is 0 Å². The number of rotatable bonds is 5. The van der Waals surface area contributed by atoms with Gasteiger partial charge in [-0.1, -0.05) is 18.2 Å². The number of nitrogens with zero attached hydrogens (tertiary/aromatic N) is 1. The van der Waals surface area contributed by atoms with Gasteiger partial charge in [0.25, 0.3) is 0 Å². The number of para-hydroxylation sites is 1. The SMILES string of the molecule is Cc1ccccc1N(C)c1ccc(F)cc1CNC1CC1. The largest absolute Gasteiger partial charge is 0.344 e. The summed E-state index contributed by atoms with van der Waals surface area (Å²) in [7, 11) is 2.04. The molecular formula is C18H21FN2. The highest BCUT2D eigenvalue weighted by Gasteiger charge is 2.21. The fraction of sp³-hybridized carbons (Fsp3) is 0.333. The Labute approximate surface area is 125 Å². The summed E-state index contributed by atoms with van der Waals surface area (Å²) in [6.45, 7) is 2.81. The molecule has 0 aliphatic heterocycles. The van der Waals surface area contributed by atoms with Gasteiger partial charge >= 0.3 is 0 Å². The van der Waals surface area contributed by atoms with Crippen molar-refractivity contribution < 1.29 is 4.39 Å². The van der Waals surface area contributed by atoms with E-state index in [1.807, 2.05) is 25.2 Å². The molecule has 21 heavy (non-hydrogen) atoms. The Morgan fingerprint density at radius 1 is 1.14 bits per heavy atom. The topological polar surface area (TPSA) is 15.3 Å². The summed E-state index contributed by atoms with van der Waals surface area (Å²) >= 11 is 0. The lowest BCUT2D eigenvalue weighted by atomic mass is 10.1. The predicted octanol–water partition coefficient (Wildman–Crippen LogP) is 4.15. The molecule has 0 aromatic heterocycles. The summed E-state index contributed by atoms with van der Waals surface area (Å²) in [5, 5.41) is 3.47. The van der Waals surface area contributed by atoms with E-state index in [-0.39, 0.29) is 5.82 Å². The zero-order valence-corrected chi connectivity index (χ0v) is 12.6. The number of halogens is 1. The van der Waals surface area contributed by atoms with Gasteiger partial charge in [-0.3, -0.25) is 0 Å². The van der Waals surface area contributed by atoms with Crippen LogP contribution < -0.4 is 10.2 Å². The third kappa shape index (κ3) is 3.24. The molecule has 0 amide bonds. The number of hydrogen-bond donors (Lipinski definition) is 1. The second-order valence-electron chi connectivity index (χ2n) is 5.77. The van der Waals surface area contributed by atoms with E-state index in [1.165, 1.54) is 24.5 Å². The van der Waals surface area contributed by atoms with Gasteiger partial charge in [-0.2, -0.15) is 0 Å². The van der Waals surface area contributed by atoms with Crippen LogP contribution in [0, 0.1) is 12.7 Å². The molecule has 2 aromatic carbocycles. The molecule has 1 saturated carbocycles. The Morgan fingerprint density at radius 2 is 1.90 bits per heavy atom. The van der Waals surface area contributed by atoms with E-state index in [0.29, 0.717) is 12.6 Å². The first kappa shape index (κ1) is 14.1. The Bertz CT molecular complexity index is 635. The van der Waals surface area contributed by atoms with E-state index in [1.54, 1.807) is 6.07 Å². The van der Waals surface area contributed by atoms with Crippen molar-refractivity contribution in [1.82, 2.24) is 5.32 Å². The van der Waals surface area contributed by atoms with Gasteiger partial charge in [0.15, 0.2) is 0 Å². The lowest BCUT2D eigenvalue weighted by molar-refractivity contribution is 0.619. The molecule has 0 spiro atoms. The molecule has 0 saturated heterocycles. The van der Waals surface area contributed by atoms with Crippen molar-refractivity contribution in [1.29, 1.82) is 0 Å². The maximum atomic E-state index is 13.6. The van der Waals surface area contributed by atoms with E-state index in [4.69, 9.17) is 0 Å². The van der Waals surface area contributed by atoms with Crippen LogP contribution in [-0.4, -0.2) is 13.1 Å². The third-order valence-corrected chi connectivity index (χ3v) is 4.04. The second-order valence-corrected chi connectivity index (χ2v) is 5.77. The molecule has 3 heteroatoms. The molecule has 3 rings (SSSR count). The number of nitrogens with one attached hydrogen (secondary N) is 1. The van der Waals surface area contributed by atoms with Crippen molar-refractivity contribution >= 4 is 11.4 Å². The van der Waals surface area contributed by atoms with Crippen LogP contribution in [0.25, 0.3) is 0 Å². The zero-order valence-electron chi connectivity index (χ0n) is 12.6. The van der Waals surface area contributed by atoms with Crippen LogP contribution in [0.15, 0.2) is 42.5 Å². The van der Waals surface area contributed by atoms with Crippen LogP contribution in [0.5, 0.6) is 0 Å². The summed E-state index contributed by atoms with van der Waals surface area (Å²) in [4.78, 5) is 2.14. The molecule has 0 radical (unpaired) electrons. The minimum Gasteiger partial charge on any atom is -0.344 e. The van der Waals surface area contributed by atoms with Crippen molar-refractivity contribution in [3.05, 3.63) is 59.4 Å². The van der Waals surface area contributed by atoms with Gasteiger partial charge in [-0.25, -0.2) is 4.39 Å². The van der Waals surface area contributed by atoms with Crippen molar-refractivity contribution in [2.75, 3.05) is 11.9 Å². The highest BCUT2D eigenvalue weighted by Crippen LogP contribution is 2.30. The van der Waals surface area contributed by atoms with Crippen molar-refractivity contribution in [3.63, 3.8) is 0 Å². The maximum Gasteiger partial charge on any atom is 0.123 e. The third-order valence-electron chi connectivity index (χ3n) is 4.04. The fourth-order valence-electron chi connectivity index (χ4n) is 2.63. The number of benzene rings is 2. The first-order valence-electron chi connectivity index (χ1n) is 7.46. The number of hydrogen-bond acceptors (Lipinski definition) is 2. The standard InChI is InChI=1S/C18H21FN2/c1-13-5-3-4-6-17(13)21(2)18-10-7-15(19)11-14(18)12-20-16-8-9-16/h3-7,10-11,16,20H,8-9,12H2,1-2H3. The highest BCUT2D eigenvalue weighted by molar-refractivity contribution is 5.68. The Morgan fingerprint density at radius 3 is 2.62 bits per heavy atom. The molecule has 1 aliphatic carbocycles. The lowest BCUT2D eigenvalue weighted by Gasteiger charge is -2.24. The summed E-state index contributed by atoms with van der Waals surface area (Å²) < 4.78 is 13.6. The Balaban J connectivity index is 1.90. The number of aryl methyl sites for hydroxylation is 1. The molecule has 0 heterocycles. The molecule has 1 fully saturated rings. The average Bonchev–Trinajstić information content (AvgIpc) is 3.29. The molecule has 0 atom stereocenters. The predicted molar refractivity (Wildman–Crippen MR) is 85.5 cm³/mol. The summed E-state index contributed by atoms with van der Waals surface area (Å²) in [6, 6.07) is 13.9. The van der Waals surface area contributed by atoms with Crippen LogP contribution in [-0.2, 0) is 6.54 Å². The molecule has 0 unspecified atom stereocenters. The quantitative estimate of drug-likeness (QED) is 0.887. The zero-order chi connectivity index (χ0) is 14.8. The minimum absolute atomic E-state index is 0.176. The Hall–Kier alpha value is -1.87. The van der Waals surface area contributed by atoms with E-state index in [0.717, 1.165) is 16.9 Å². The lowest BCUT2D eigenvalue weighted by Crippen LogP contribution is -2.19. The van der Waals surface area contributed by atoms with Crippen molar-refractivity contribution in [3.8, 4) is 0 Å². The van der Waals surface area contributed by atoms with Gasteiger partial charge in [0.2, 0.25) is 0 Å². The van der Waals surface area contributed by atoms with Crippen LogP contribution in [0.4, 0.5) is 15.8 Å². The first-order chi connectivity index (χ1) is 10.1. The minimum atomic E-state index is -0.176. The van der Waals surface area contributed by atoms with Crippen LogP contribution >= 0.6 is 0 Å². The van der Waals surface area contributed by atoms with Crippen LogP contribution in [0.3, 0.4) is 0 Å². The van der Waals surface area contributed by atoms with Gasteiger partial charge in [-0.05, 0) is 55.2 Å². The van der Waals surface area contributed by atoms with Crippen molar-refractivity contribution in [2.24, 2.45) is 0 Å². The maximum absolute atomic E-state index is 13.6. The van der Waals surface area contributed by atoms with Gasteiger partial charge in [0.1, 0.15) is 5.82 Å². The van der Waals surface area contributed by atoms with Gasteiger partial charge in [0, 0.05) is 31.0 Å². The number of anilines is 2. The normalized spacial score (nSPS) is 14.2. The molecule has 2 aromatic rings.